The summed E-state index contributed by atoms with van der Waals surface area (Å²) in [7, 11) is 3.39. The number of nitrogens with one attached hydrogen (secondary N) is 1. The number of anilines is 1. The maximum Gasteiger partial charge on any atom is 0.257 e. The van der Waals surface area contributed by atoms with Crippen molar-refractivity contribution in [2.45, 2.75) is 13.3 Å². The number of nitrogens with two attached hydrogens (primary N) is 1. The molecule has 0 saturated heterocycles. The predicted molar refractivity (Wildman–Crippen MR) is 70.2 cm³/mol. The number of aromatic nitrogens is 1. The molecular formula is C12H20N4O2. The Morgan fingerprint density at radius 2 is 2.33 bits per heavy atom. The van der Waals surface area contributed by atoms with Gasteiger partial charge in [0, 0.05) is 39.2 Å². The highest BCUT2D eigenvalue weighted by Crippen LogP contribution is 2.16. The maximum atomic E-state index is 12.2. The van der Waals surface area contributed by atoms with E-state index in [9.17, 15) is 4.79 Å². The van der Waals surface area contributed by atoms with Crippen LogP contribution in [0.15, 0.2) is 12.3 Å². The molecule has 100 valence electrons. The molecule has 1 amide bonds. The second-order valence-corrected chi connectivity index (χ2v) is 4.09. The molecule has 0 spiro atoms. The number of nitrogens with zero attached hydrogens (tertiary/aromatic N) is 2. The zero-order valence-corrected chi connectivity index (χ0v) is 11.1. The highest BCUT2D eigenvalue weighted by molar-refractivity contribution is 5.99. The van der Waals surface area contributed by atoms with Gasteiger partial charge in [-0.1, -0.05) is 0 Å². The molecule has 0 unspecified atom stereocenters. The Kier molecular flexibility index (Phi) is 5.54. The minimum atomic E-state index is -0.105. The van der Waals surface area contributed by atoms with Crippen LogP contribution in [0, 0.1) is 6.92 Å². The van der Waals surface area contributed by atoms with Crippen molar-refractivity contribution in [1.82, 2.24) is 9.88 Å². The molecule has 1 heterocycles. The summed E-state index contributed by atoms with van der Waals surface area (Å²) < 4.78 is 4.96. The Hall–Kier alpha value is -1.66. The summed E-state index contributed by atoms with van der Waals surface area (Å²) in [6.45, 7) is 3.10. The Labute approximate surface area is 107 Å². The molecule has 0 atom stereocenters. The maximum absolute atomic E-state index is 12.2. The summed E-state index contributed by atoms with van der Waals surface area (Å²) in [5.74, 6) is 5.31. The molecule has 1 aromatic rings. The van der Waals surface area contributed by atoms with Crippen molar-refractivity contribution < 1.29 is 9.53 Å². The van der Waals surface area contributed by atoms with Crippen molar-refractivity contribution in [1.29, 1.82) is 0 Å². The van der Waals surface area contributed by atoms with Gasteiger partial charge >= 0.3 is 0 Å². The molecule has 0 radical (unpaired) electrons. The van der Waals surface area contributed by atoms with Crippen LogP contribution >= 0.6 is 0 Å². The van der Waals surface area contributed by atoms with Gasteiger partial charge < -0.3 is 15.1 Å². The first kappa shape index (κ1) is 14.4. The summed E-state index contributed by atoms with van der Waals surface area (Å²) in [5.41, 5.74) is 4.40. The van der Waals surface area contributed by atoms with E-state index in [1.54, 1.807) is 31.3 Å². The molecule has 6 heteroatoms. The van der Waals surface area contributed by atoms with E-state index in [0.717, 1.165) is 12.1 Å². The van der Waals surface area contributed by atoms with E-state index in [4.69, 9.17) is 10.6 Å². The second kappa shape index (κ2) is 6.93. The molecule has 6 nitrogen and oxygen atoms in total. The van der Waals surface area contributed by atoms with Gasteiger partial charge in [-0.25, -0.2) is 0 Å². The smallest absolute Gasteiger partial charge is 0.257 e. The molecule has 0 aliphatic rings. The van der Waals surface area contributed by atoms with Crippen molar-refractivity contribution in [3.05, 3.63) is 23.5 Å². The lowest BCUT2D eigenvalue weighted by atomic mass is 10.2. The predicted octanol–water partition coefficient (Wildman–Crippen LogP) is 0.784. The second-order valence-electron chi connectivity index (χ2n) is 4.09. The number of amides is 1. The summed E-state index contributed by atoms with van der Waals surface area (Å²) in [5, 5.41) is 0. The zero-order valence-electron chi connectivity index (χ0n) is 11.1. The quantitative estimate of drug-likeness (QED) is 0.444. The first-order valence-electron chi connectivity index (χ1n) is 5.77. The fourth-order valence-corrected chi connectivity index (χ4v) is 1.60. The molecule has 3 N–H and O–H groups in total. The third kappa shape index (κ3) is 3.68. The molecule has 0 fully saturated rings. The van der Waals surface area contributed by atoms with Gasteiger partial charge in [0.1, 0.15) is 0 Å². The van der Waals surface area contributed by atoms with E-state index in [2.05, 4.69) is 10.4 Å². The molecule has 0 saturated carbocycles. The molecule has 1 rings (SSSR count). The van der Waals surface area contributed by atoms with Gasteiger partial charge in [0.25, 0.3) is 5.91 Å². The number of hydrogen-bond donors (Lipinski definition) is 2. The van der Waals surface area contributed by atoms with Crippen LogP contribution in [0.4, 0.5) is 5.69 Å². The Balaban J connectivity index is 2.76. The average molecular weight is 252 g/mol. The molecular weight excluding hydrogens is 232 g/mol. The van der Waals surface area contributed by atoms with Crippen molar-refractivity contribution in [3.8, 4) is 0 Å². The number of carbonyl (C=O) groups excluding carboxylic acids is 1. The van der Waals surface area contributed by atoms with Crippen LogP contribution in [0.1, 0.15) is 22.5 Å². The molecule has 18 heavy (non-hydrogen) atoms. The molecule has 0 bridgehead atoms. The summed E-state index contributed by atoms with van der Waals surface area (Å²) in [6, 6.07) is 1.75. The minimum absolute atomic E-state index is 0.105. The van der Waals surface area contributed by atoms with Gasteiger partial charge in [-0.2, -0.15) is 0 Å². The number of pyridine rings is 1. The van der Waals surface area contributed by atoms with Gasteiger partial charge in [0.15, 0.2) is 0 Å². The number of rotatable bonds is 6. The van der Waals surface area contributed by atoms with Gasteiger partial charge in [0.2, 0.25) is 0 Å². The van der Waals surface area contributed by atoms with Crippen LogP contribution in [-0.2, 0) is 4.74 Å². The van der Waals surface area contributed by atoms with E-state index >= 15 is 0 Å². The first-order valence-corrected chi connectivity index (χ1v) is 5.77. The van der Waals surface area contributed by atoms with E-state index in [1.165, 1.54) is 0 Å². The van der Waals surface area contributed by atoms with E-state index < -0.39 is 0 Å². The fraction of sp³-hybridized carbons (Fsp3) is 0.500. The Bertz CT molecular complexity index is 409. The monoisotopic (exact) mass is 252 g/mol. The molecule has 1 aromatic heterocycles. The number of ether oxygens (including phenoxy) is 1. The number of carbonyl (C=O) groups is 1. The fourth-order valence-electron chi connectivity index (χ4n) is 1.60. The van der Waals surface area contributed by atoms with E-state index in [-0.39, 0.29) is 5.91 Å². The number of methoxy groups -OCH3 is 1. The van der Waals surface area contributed by atoms with Crippen molar-refractivity contribution in [2.24, 2.45) is 5.84 Å². The number of hydrogen-bond acceptors (Lipinski definition) is 5. The highest BCUT2D eigenvalue weighted by atomic mass is 16.5. The normalized spacial score (nSPS) is 10.2. The van der Waals surface area contributed by atoms with Crippen LogP contribution in [0.3, 0.4) is 0 Å². The highest BCUT2D eigenvalue weighted by Gasteiger charge is 2.15. The number of hydrazine groups is 1. The standard InChI is InChI=1S/C12H20N4O2/c1-9-7-11(15-13)10(8-14-9)12(17)16(2)5-4-6-18-3/h7-8H,4-6,13H2,1-3H3,(H,14,15). The van der Waals surface area contributed by atoms with E-state index in [1.807, 2.05) is 6.92 Å². The third-order valence-electron chi connectivity index (χ3n) is 2.62. The van der Waals surface area contributed by atoms with E-state index in [0.29, 0.717) is 24.4 Å². The van der Waals surface area contributed by atoms with Crippen LogP contribution in [0.25, 0.3) is 0 Å². The Morgan fingerprint density at radius 1 is 1.61 bits per heavy atom. The summed E-state index contributed by atoms with van der Waals surface area (Å²) in [4.78, 5) is 17.9. The van der Waals surface area contributed by atoms with Crippen molar-refractivity contribution >= 4 is 11.6 Å². The third-order valence-corrected chi connectivity index (χ3v) is 2.62. The van der Waals surface area contributed by atoms with Gasteiger partial charge in [-0.05, 0) is 19.4 Å². The van der Waals surface area contributed by atoms with Crippen molar-refractivity contribution in [3.63, 3.8) is 0 Å². The molecule has 0 aromatic carbocycles. The lowest BCUT2D eigenvalue weighted by molar-refractivity contribution is 0.0780. The van der Waals surface area contributed by atoms with Crippen LogP contribution in [0.2, 0.25) is 0 Å². The topological polar surface area (TPSA) is 80.5 Å². The first-order chi connectivity index (χ1) is 8.60. The number of aryl methyl sites for hydroxylation is 1. The average Bonchev–Trinajstić information content (AvgIpc) is 2.37. The lowest BCUT2D eigenvalue weighted by Gasteiger charge is -2.18. The van der Waals surface area contributed by atoms with Crippen molar-refractivity contribution in [2.75, 3.05) is 32.7 Å². The number of nitrogen functional groups attached to an aromatic ring is 1. The SMILES string of the molecule is COCCCN(C)C(=O)c1cnc(C)cc1NN. The Morgan fingerprint density at radius 3 is 2.94 bits per heavy atom. The molecule has 0 aliphatic heterocycles. The van der Waals surface area contributed by atoms with Crippen LogP contribution < -0.4 is 11.3 Å². The summed E-state index contributed by atoms with van der Waals surface area (Å²) in [6.07, 6.45) is 2.34. The van der Waals surface area contributed by atoms with Gasteiger partial charge in [0.05, 0.1) is 11.3 Å². The van der Waals surface area contributed by atoms with Crippen LogP contribution in [0.5, 0.6) is 0 Å². The summed E-state index contributed by atoms with van der Waals surface area (Å²) >= 11 is 0. The lowest BCUT2D eigenvalue weighted by Crippen LogP contribution is -2.29. The zero-order chi connectivity index (χ0) is 13.5. The molecule has 0 aliphatic carbocycles. The minimum Gasteiger partial charge on any atom is -0.385 e. The van der Waals surface area contributed by atoms with Gasteiger partial charge in [-0.3, -0.25) is 15.6 Å². The van der Waals surface area contributed by atoms with Gasteiger partial charge in [-0.15, -0.1) is 0 Å². The van der Waals surface area contributed by atoms with Crippen LogP contribution in [-0.4, -0.2) is 43.1 Å². The largest absolute Gasteiger partial charge is 0.385 e.